The Morgan fingerprint density at radius 2 is 1.87 bits per heavy atom. The van der Waals surface area contributed by atoms with Crippen LogP contribution in [-0.4, -0.2) is 18.1 Å². The third-order valence-electron chi connectivity index (χ3n) is 3.55. The highest BCUT2D eigenvalue weighted by molar-refractivity contribution is 5.94. The van der Waals surface area contributed by atoms with Gasteiger partial charge in [0.05, 0.1) is 0 Å². The minimum atomic E-state index is -5.03. The zero-order valence-electron chi connectivity index (χ0n) is 11.9. The molecule has 0 bridgehead atoms. The molecular weight excluding hydrogens is 326 g/mol. The molecule has 1 aliphatic carbocycles. The number of fused-ring (bicyclic) bond motifs is 1. The molecule has 0 fully saturated rings. The average Bonchev–Trinajstić information content (AvgIpc) is 2.43. The van der Waals surface area contributed by atoms with E-state index in [0.717, 1.165) is 12.2 Å². The number of hydrogen-bond donors (Lipinski definition) is 0. The van der Waals surface area contributed by atoms with Gasteiger partial charge in [-0.25, -0.2) is 0 Å². The van der Waals surface area contributed by atoms with Gasteiger partial charge in [0.25, 0.3) is 5.78 Å². The number of halogens is 6. The molecule has 0 aromatic rings. The van der Waals surface area contributed by atoms with Crippen molar-refractivity contribution in [3.05, 3.63) is 47.0 Å². The van der Waals surface area contributed by atoms with Crippen LogP contribution in [0.3, 0.4) is 0 Å². The van der Waals surface area contributed by atoms with Gasteiger partial charge in [-0.2, -0.15) is 26.3 Å². The first-order valence-corrected chi connectivity index (χ1v) is 6.70. The van der Waals surface area contributed by atoms with Crippen LogP contribution < -0.4 is 0 Å². The summed E-state index contributed by atoms with van der Waals surface area (Å²) in [5.74, 6) is -3.76. The lowest BCUT2D eigenvalue weighted by Gasteiger charge is -2.29. The lowest BCUT2D eigenvalue weighted by molar-refractivity contribution is -0.165. The SMILES string of the molecule is CC1CCC2=CC=C(C(F)(F)F)OC2=C1/C=C/C(=O)C(F)(F)F. The Kier molecular flexibility index (Phi) is 4.45. The fourth-order valence-electron chi connectivity index (χ4n) is 2.31. The van der Waals surface area contributed by atoms with Crippen molar-refractivity contribution in [2.75, 3.05) is 0 Å². The van der Waals surface area contributed by atoms with Crippen LogP contribution in [-0.2, 0) is 9.53 Å². The molecule has 0 radical (unpaired) electrons. The van der Waals surface area contributed by atoms with E-state index < -0.39 is 23.9 Å². The fraction of sp³-hybridized carbons (Fsp3) is 0.400. The van der Waals surface area contributed by atoms with Gasteiger partial charge in [0, 0.05) is 0 Å². The molecule has 0 aromatic heterocycles. The second-order valence-electron chi connectivity index (χ2n) is 5.24. The Bertz CT molecular complexity index is 631. The molecule has 0 saturated carbocycles. The van der Waals surface area contributed by atoms with E-state index in [0.29, 0.717) is 24.5 Å². The Hall–Kier alpha value is -1.99. The van der Waals surface area contributed by atoms with E-state index in [-0.39, 0.29) is 17.3 Å². The van der Waals surface area contributed by atoms with Crippen molar-refractivity contribution in [1.29, 1.82) is 0 Å². The van der Waals surface area contributed by atoms with E-state index in [9.17, 15) is 31.1 Å². The van der Waals surface area contributed by atoms with Crippen LogP contribution in [0.5, 0.6) is 0 Å². The monoisotopic (exact) mass is 338 g/mol. The van der Waals surface area contributed by atoms with Gasteiger partial charge in [0.15, 0.2) is 0 Å². The molecule has 1 aliphatic heterocycles. The van der Waals surface area contributed by atoms with E-state index in [2.05, 4.69) is 0 Å². The molecule has 2 nitrogen and oxygen atoms in total. The van der Waals surface area contributed by atoms with Gasteiger partial charge in [0.1, 0.15) is 5.76 Å². The maximum atomic E-state index is 12.7. The van der Waals surface area contributed by atoms with Gasteiger partial charge in [-0.1, -0.05) is 19.1 Å². The smallest absolute Gasteiger partial charge is 0.452 e. The summed E-state index contributed by atoms with van der Waals surface area (Å²) in [6, 6.07) is 0. The summed E-state index contributed by atoms with van der Waals surface area (Å²) in [4.78, 5) is 10.9. The summed E-state index contributed by atoms with van der Waals surface area (Å²) in [5.41, 5.74) is 0.616. The molecule has 0 aromatic carbocycles. The topological polar surface area (TPSA) is 26.3 Å². The van der Waals surface area contributed by atoms with Gasteiger partial charge in [-0.3, -0.25) is 4.79 Å². The van der Waals surface area contributed by atoms with Crippen LogP contribution in [0, 0.1) is 5.92 Å². The van der Waals surface area contributed by atoms with E-state index in [1.54, 1.807) is 6.92 Å². The highest BCUT2D eigenvalue weighted by atomic mass is 19.4. The zero-order chi connectivity index (χ0) is 17.4. The van der Waals surface area contributed by atoms with Crippen LogP contribution in [0.15, 0.2) is 47.0 Å². The Balaban J connectivity index is 2.38. The Morgan fingerprint density at radius 1 is 1.22 bits per heavy atom. The second kappa shape index (κ2) is 5.90. The largest absolute Gasteiger partial charge is 0.454 e. The minimum absolute atomic E-state index is 0.121. The van der Waals surface area contributed by atoms with Gasteiger partial charge in [0.2, 0.25) is 5.76 Å². The Labute approximate surface area is 127 Å². The van der Waals surface area contributed by atoms with Gasteiger partial charge < -0.3 is 4.74 Å². The molecule has 8 heteroatoms. The third-order valence-corrected chi connectivity index (χ3v) is 3.55. The van der Waals surface area contributed by atoms with Crippen molar-refractivity contribution >= 4 is 5.78 Å². The van der Waals surface area contributed by atoms with Crippen molar-refractivity contribution in [1.82, 2.24) is 0 Å². The fourth-order valence-corrected chi connectivity index (χ4v) is 2.31. The molecular formula is C15H12F6O2. The van der Waals surface area contributed by atoms with Gasteiger partial charge in [-0.05, 0) is 42.1 Å². The molecule has 0 spiro atoms. The quantitative estimate of drug-likeness (QED) is 0.536. The molecule has 1 unspecified atom stereocenters. The van der Waals surface area contributed by atoms with Gasteiger partial charge in [-0.15, -0.1) is 0 Å². The second-order valence-corrected chi connectivity index (χ2v) is 5.24. The number of carbonyl (C=O) groups excluding carboxylic acids is 1. The number of rotatable bonds is 2. The summed E-state index contributed by atoms with van der Waals surface area (Å²) in [6.07, 6.45) is -5.51. The molecule has 126 valence electrons. The Morgan fingerprint density at radius 3 is 2.43 bits per heavy atom. The predicted octanol–water partition coefficient (Wildman–Crippen LogP) is 4.76. The maximum absolute atomic E-state index is 12.7. The van der Waals surface area contributed by atoms with E-state index in [1.807, 2.05) is 0 Å². The first kappa shape index (κ1) is 17.4. The van der Waals surface area contributed by atoms with E-state index in [4.69, 9.17) is 4.74 Å². The van der Waals surface area contributed by atoms with Crippen molar-refractivity contribution in [3.63, 3.8) is 0 Å². The van der Waals surface area contributed by atoms with Crippen LogP contribution in [0.2, 0.25) is 0 Å². The van der Waals surface area contributed by atoms with Gasteiger partial charge >= 0.3 is 12.4 Å². The summed E-state index contributed by atoms with van der Waals surface area (Å²) in [6.45, 7) is 1.65. The summed E-state index contributed by atoms with van der Waals surface area (Å²) in [5, 5.41) is 0. The highest BCUT2D eigenvalue weighted by Crippen LogP contribution is 2.41. The van der Waals surface area contributed by atoms with Crippen molar-refractivity contribution < 1.29 is 35.9 Å². The number of hydrogen-bond acceptors (Lipinski definition) is 2. The van der Waals surface area contributed by atoms with Crippen molar-refractivity contribution in [2.24, 2.45) is 5.92 Å². The average molecular weight is 338 g/mol. The normalized spacial score (nSPS) is 22.5. The maximum Gasteiger partial charge on any atom is 0.454 e. The van der Waals surface area contributed by atoms with Crippen molar-refractivity contribution in [3.8, 4) is 0 Å². The van der Waals surface area contributed by atoms with Crippen LogP contribution >= 0.6 is 0 Å². The lowest BCUT2D eigenvalue weighted by atomic mass is 9.84. The summed E-state index contributed by atoms with van der Waals surface area (Å²) < 4.78 is 79.7. The zero-order valence-corrected chi connectivity index (χ0v) is 11.9. The van der Waals surface area contributed by atoms with Crippen LogP contribution in [0.1, 0.15) is 19.8 Å². The summed E-state index contributed by atoms with van der Waals surface area (Å²) >= 11 is 0. The first-order valence-electron chi connectivity index (χ1n) is 6.70. The summed E-state index contributed by atoms with van der Waals surface area (Å²) in [7, 11) is 0. The molecule has 1 heterocycles. The van der Waals surface area contributed by atoms with E-state index in [1.165, 1.54) is 6.08 Å². The third kappa shape index (κ3) is 3.86. The molecule has 23 heavy (non-hydrogen) atoms. The molecule has 0 amide bonds. The number of ether oxygens (including phenoxy) is 1. The number of allylic oxidation sites excluding steroid dienone is 7. The van der Waals surface area contributed by atoms with E-state index >= 15 is 0 Å². The predicted molar refractivity (Wildman–Crippen MR) is 68.9 cm³/mol. The highest BCUT2D eigenvalue weighted by Gasteiger charge is 2.40. The molecule has 2 aliphatic rings. The molecule has 1 atom stereocenters. The minimum Gasteiger partial charge on any atom is -0.452 e. The first-order chi connectivity index (χ1) is 10.5. The van der Waals surface area contributed by atoms with Crippen molar-refractivity contribution in [2.45, 2.75) is 32.1 Å². The standard InChI is InChI=1S/C15H12F6O2/c1-8-2-3-9-4-7-12(15(19,20)21)23-13(9)10(8)5-6-11(22)14(16,17)18/h4-8H,2-3H2,1H3/b6-5+. The molecule has 0 saturated heterocycles. The molecule has 2 rings (SSSR count). The van der Waals surface area contributed by atoms with Crippen LogP contribution in [0.4, 0.5) is 26.3 Å². The number of alkyl halides is 6. The number of ketones is 1. The molecule has 0 N–H and O–H groups in total. The van der Waals surface area contributed by atoms with Crippen LogP contribution in [0.25, 0.3) is 0 Å². The lowest BCUT2D eigenvalue weighted by Crippen LogP contribution is -2.22. The number of carbonyl (C=O) groups is 1.